The predicted octanol–water partition coefficient (Wildman–Crippen LogP) is -0.124. The van der Waals surface area contributed by atoms with Crippen molar-refractivity contribution < 1.29 is 9.53 Å². The van der Waals surface area contributed by atoms with Crippen LogP contribution in [0, 0.1) is 0 Å². The molecule has 1 atom stereocenters. The molecule has 0 aliphatic rings. The van der Waals surface area contributed by atoms with Gasteiger partial charge in [0.15, 0.2) is 0 Å². The molecule has 0 aromatic rings. The SMILES string of the molecule is COCCCNC(=O)CC(C)N. The van der Waals surface area contributed by atoms with Gasteiger partial charge in [0.2, 0.25) is 5.91 Å². The van der Waals surface area contributed by atoms with Crippen molar-refractivity contribution in [1.29, 1.82) is 0 Å². The zero-order valence-corrected chi connectivity index (χ0v) is 7.80. The van der Waals surface area contributed by atoms with Gasteiger partial charge < -0.3 is 15.8 Å². The van der Waals surface area contributed by atoms with Crippen LogP contribution < -0.4 is 11.1 Å². The Morgan fingerprint density at radius 1 is 1.67 bits per heavy atom. The van der Waals surface area contributed by atoms with E-state index in [1.165, 1.54) is 0 Å². The van der Waals surface area contributed by atoms with Crippen LogP contribution in [0.3, 0.4) is 0 Å². The Labute approximate surface area is 73.5 Å². The van der Waals surface area contributed by atoms with Gasteiger partial charge in [-0.3, -0.25) is 4.79 Å². The van der Waals surface area contributed by atoms with Crippen LogP contribution in [0.5, 0.6) is 0 Å². The van der Waals surface area contributed by atoms with E-state index in [2.05, 4.69) is 5.32 Å². The molecule has 1 amide bonds. The number of carbonyl (C=O) groups is 1. The third-order valence-corrected chi connectivity index (χ3v) is 1.35. The van der Waals surface area contributed by atoms with E-state index in [1.54, 1.807) is 7.11 Å². The fourth-order valence-corrected chi connectivity index (χ4v) is 0.809. The summed E-state index contributed by atoms with van der Waals surface area (Å²) in [5, 5.41) is 2.75. The number of rotatable bonds is 6. The molecule has 0 aromatic carbocycles. The minimum absolute atomic E-state index is 0.0149. The average molecular weight is 174 g/mol. The van der Waals surface area contributed by atoms with E-state index >= 15 is 0 Å². The Hall–Kier alpha value is -0.610. The topological polar surface area (TPSA) is 64.3 Å². The molecule has 0 radical (unpaired) electrons. The lowest BCUT2D eigenvalue weighted by atomic mass is 10.2. The highest BCUT2D eigenvalue weighted by atomic mass is 16.5. The van der Waals surface area contributed by atoms with Crippen LogP contribution in [0.4, 0.5) is 0 Å². The van der Waals surface area contributed by atoms with Gasteiger partial charge >= 0.3 is 0 Å². The zero-order chi connectivity index (χ0) is 9.40. The van der Waals surface area contributed by atoms with E-state index in [0.29, 0.717) is 19.6 Å². The number of amides is 1. The first kappa shape index (κ1) is 11.4. The molecular weight excluding hydrogens is 156 g/mol. The van der Waals surface area contributed by atoms with Crippen molar-refractivity contribution in [2.75, 3.05) is 20.3 Å². The second-order valence-electron chi connectivity index (χ2n) is 2.88. The molecule has 0 heterocycles. The third kappa shape index (κ3) is 7.50. The largest absolute Gasteiger partial charge is 0.385 e. The maximum absolute atomic E-state index is 11.0. The predicted molar refractivity (Wildman–Crippen MR) is 47.8 cm³/mol. The minimum atomic E-state index is -0.0626. The Morgan fingerprint density at radius 2 is 2.33 bits per heavy atom. The Balaban J connectivity index is 3.20. The number of nitrogens with two attached hydrogens (primary N) is 1. The van der Waals surface area contributed by atoms with Crippen LogP contribution in [0.1, 0.15) is 19.8 Å². The summed E-state index contributed by atoms with van der Waals surface area (Å²) in [6.07, 6.45) is 1.24. The molecule has 0 rings (SSSR count). The molecule has 1 unspecified atom stereocenters. The average Bonchev–Trinajstić information content (AvgIpc) is 1.97. The highest BCUT2D eigenvalue weighted by molar-refractivity contribution is 5.76. The maximum atomic E-state index is 11.0. The number of carbonyl (C=O) groups excluding carboxylic acids is 1. The first-order valence-electron chi connectivity index (χ1n) is 4.18. The van der Waals surface area contributed by atoms with Crippen LogP contribution in [-0.4, -0.2) is 32.2 Å². The van der Waals surface area contributed by atoms with Crippen molar-refractivity contribution in [2.45, 2.75) is 25.8 Å². The summed E-state index contributed by atoms with van der Waals surface area (Å²) in [4.78, 5) is 11.0. The Bertz CT molecular complexity index is 126. The number of nitrogens with one attached hydrogen (secondary N) is 1. The highest BCUT2D eigenvalue weighted by Crippen LogP contribution is 1.85. The first-order chi connectivity index (χ1) is 5.66. The molecule has 3 N–H and O–H groups in total. The fourth-order valence-electron chi connectivity index (χ4n) is 0.809. The molecule has 0 aromatic heterocycles. The molecule has 0 fully saturated rings. The molecule has 4 heteroatoms. The smallest absolute Gasteiger partial charge is 0.221 e. The second kappa shape index (κ2) is 7.06. The summed E-state index contributed by atoms with van der Waals surface area (Å²) in [6, 6.07) is -0.0626. The van der Waals surface area contributed by atoms with E-state index < -0.39 is 0 Å². The van der Waals surface area contributed by atoms with E-state index in [9.17, 15) is 4.79 Å². The normalized spacial score (nSPS) is 12.6. The molecule has 0 saturated carbocycles. The van der Waals surface area contributed by atoms with Gasteiger partial charge in [-0.05, 0) is 13.3 Å². The van der Waals surface area contributed by atoms with Gasteiger partial charge in [0, 0.05) is 32.7 Å². The molecule has 0 aliphatic heterocycles. The monoisotopic (exact) mass is 174 g/mol. The lowest BCUT2D eigenvalue weighted by Crippen LogP contribution is -2.30. The summed E-state index contributed by atoms with van der Waals surface area (Å²) >= 11 is 0. The highest BCUT2D eigenvalue weighted by Gasteiger charge is 2.02. The van der Waals surface area contributed by atoms with Crippen molar-refractivity contribution in [3.8, 4) is 0 Å². The fraction of sp³-hybridized carbons (Fsp3) is 0.875. The number of ether oxygens (including phenoxy) is 1. The molecule has 72 valence electrons. The molecule has 12 heavy (non-hydrogen) atoms. The molecule has 0 saturated heterocycles. The van der Waals surface area contributed by atoms with Crippen molar-refractivity contribution in [3.05, 3.63) is 0 Å². The quantitative estimate of drug-likeness (QED) is 0.552. The molecule has 4 nitrogen and oxygen atoms in total. The number of hydrogen-bond donors (Lipinski definition) is 2. The van der Waals surface area contributed by atoms with Gasteiger partial charge in [0.05, 0.1) is 0 Å². The molecule has 0 bridgehead atoms. The van der Waals surface area contributed by atoms with E-state index in [-0.39, 0.29) is 11.9 Å². The minimum Gasteiger partial charge on any atom is -0.385 e. The first-order valence-corrected chi connectivity index (χ1v) is 4.18. The Kier molecular flexibility index (Phi) is 6.70. The van der Waals surface area contributed by atoms with Crippen molar-refractivity contribution in [1.82, 2.24) is 5.32 Å². The van der Waals surface area contributed by atoms with Crippen molar-refractivity contribution in [3.63, 3.8) is 0 Å². The lowest BCUT2D eigenvalue weighted by Gasteiger charge is -2.06. The Morgan fingerprint density at radius 3 is 2.83 bits per heavy atom. The summed E-state index contributed by atoms with van der Waals surface area (Å²) in [6.45, 7) is 3.16. The summed E-state index contributed by atoms with van der Waals surface area (Å²) in [7, 11) is 1.64. The summed E-state index contributed by atoms with van der Waals surface area (Å²) in [5.41, 5.74) is 5.44. The van der Waals surface area contributed by atoms with E-state index in [0.717, 1.165) is 6.42 Å². The molecular formula is C8H18N2O2. The molecule has 0 aliphatic carbocycles. The van der Waals surface area contributed by atoms with Gasteiger partial charge in [-0.15, -0.1) is 0 Å². The summed E-state index contributed by atoms with van der Waals surface area (Å²) in [5.74, 6) is 0.0149. The summed E-state index contributed by atoms with van der Waals surface area (Å²) < 4.78 is 4.83. The van der Waals surface area contributed by atoms with Gasteiger partial charge in [0.25, 0.3) is 0 Å². The third-order valence-electron chi connectivity index (χ3n) is 1.35. The van der Waals surface area contributed by atoms with Crippen LogP contribution in [0.15, 0.2) is 0 Å². The van der Waals surface area contributed by atoms with Crippen LogP contribution >= 0.6 is 0 Å². The van der Waals surface area contributed by atoms with E-state index in [4.69, 9.17) is 10.5 Å². The number of hydrogen-bond acceptors (Lipinski definition) is 3. The van der Waals surface area contributed by atoms with Crippen molar-refractivity contribution in [2.24, 2.45) is 5.73 Å². The maximum Gasteiger partial charge on any atom is 0.221 e. The number of methoxy groups -OCH3 is 1. The van der Waals surface area contributed by atoms with Gasteiger partial charge in [-0.25, -0.2) is 0 Å². The van der Waals surface area contributed by atoms with Crippen LogP contribution in [0.2, 0.25) is 0 Å². The van der Waals surface area contributed by atoms with Crippen LogP contribution in [0.25, 0.3) is 0 Å². The van der Waals surface area contributed by atoms with Crippen LogP contribution in [-0.2, 0) is 9.53 Å². The van der Waals surface area contributed by atoms with Gasteiger partial charge in [-0.2, -0.15) is 0 Å². The standard InChI is InChI=1S/C8H18N2O2/c1-7(9)6-8(11)10-4-3-5-12-2/h7H,3-6,9H2,1-2H3,(H,10,11). The van der Waals surface area contributed by atoms with Gasteiger partial charge in [-0.1, -0.05) is 0 Å². The van der Waals surface area contributed by atoms with Crippen molar-refractivity contribution >= 4 is 5.91 Å². The van der Waals surface area contributed by atoms with Gasteiger partial charge in [0.1, 0.15) is 0 Å². The second-order valence-corrected chi connectivity index (χ2v) is 2.88. The molecule has 0 spiro atoms. The zero-order valence-electron chi connectivity index (χ0n) is 7.80. The lowest BCUT2D eigenvalue weighted by molar-refractivity contribution is -0.121. The van der Waals surface area contributed by atoms with E-state index in [1.807, 2.05) is 6.92 Å².